The highest BCUT2D eigenvalue weighted by Gasteiger charge is 2.38. The number of hydrogen-bond acceptors (Lipinski definition) is 3. The summed E-state index contributed by atoms with van der Waals surface area (Å²) in [6, 6.07) is 17.2. The van der Waals surface area contributed by atoms with Gasteiger partial charge >= 0.3 is 0 Å². The maximum absolute atomic E-state index is 13.3. The third-order valence-electron chi connectivity index (χ3n) is 4.46. The Morgan fingerprint density at radius 2 is 1.71 bits per heavy atom. The molecular formula is C19H24N2O2S. The fourth-order valence-corrected chi connectivity index (χ4v) is 5.27. The lowest BCUT2D eigenvalue weighted by atomic mass is 10.0. The monoisotopic (exact) mass is 344 g/mol. The first-order valence-electron chi connectivity index (χ1n) is 8.32. The highest BCUT2D eigenvalue weighted by molar-refractivity contribution is 7.93. The summed E-state index contributed by atoms with van der Waals surface area (Å²) in [4.78, 5) is 2.10. The van der Waals surface area contributed by atoms with Crippen LogP contribution in [0.2, 0.25) is 0 Å². The van der Waals surface area contributed by atoms with Gasteiger partial charge < -0.3 is 4.90 Å². The highest BCUT2D eigenvalue weighted by atomic mass is 32.2. The van der Waals surface area contributed by atoms with E-state index in [0.717, 1.165) is 24.2 Å². The number of nitrogens with zero attached hydrogens (tertiary/aromatic N) is 2. The van der Waals surface area contributed by atoms with Crippen LogP contribution in [0, 0.1) is 0 Å². The van der Waals surface area contributed by atoms with Gasteiger partial charge in [-0.05, 0) is 63.7 Å². The van der Waals surface area contributed by atoms with Gasteiger partial charge in [0.25, 0.3) is 0 Å². The van der Waals surface area contributed by atoms with Crippen molar-refractivity contribution in [1.82, 2.24) is 4.90 Å². The van der Waals surface area contributed by atoms with Crippen LogP contribution in [0.15, 0.2) is 54.6 Å². The van der Waals surface area contributed by atoms with Gasteiger partial charge in [-0.1, -0.05) is 36.4 Å². The first kappa shape index (κ1) is 17.0. The van der Waals surface area contributed by atoms with Crippen LogP contribution < -0.4 is 4.31 Å². The Labute approximate surface area is 144 Å². The van der Waals surface area contributed by atoms with E-state index in [1.54, 1.807) is 0 Å². The molecule has 3 rings (SSSR count). The van der Waals surface area contributed by atoms with Crippen molar-refractivity contribution in [2.45, 2.75) is 24.5 Å². The molecule has 1 atom stereocenters. The SMILES string of the molecule is CN(C)CCCC1Cc2ccccc2N(c2ccccc2)S1(=O)=O. The van der Waals surface area contributed by atoms with Gasteiger partial charge in [0.05, 0.1) is 16.6 Å². The molecule has 5 heteroatoms. The average molecular weight is 344 g/mol. The van der Waals surface area contributed by atoms with Crippen molar-refractivity contribution in [3.8, 4) is 0 Å². The zero-order valence-electron chi connectivity index (χ0n) is 14.2. The molecule has 0 aliphatic carbocycles. The van der Waals surface area contributed by atoms with Gasteiger partial charge in [-0.3, -0.25) is 0 Å². The maximum atomic E-state index is 13.3. The molecule has 0 aromatic heterocycles. The number of rotatable bonds is 5. The number of sulfonamides is 1. The molecule has 2 aromatic rings. The van der Waals surface area contributed by atoms with E-state index in [1.165, 1.54) is 4.31 Å². The fourth-order valence-electron chi connectivity index (χ4n) is 3.25. The quantitative estimate of drug-likeness (QED) is 0.834. The Morgan fingerprint density at radius 3 is 2.42 bits per heavy atom. The summed E-state index contributed by atoms with van der Waals surface area (Å²) >= 11 is 0. The van der Waals surface area contributed by atoms with Crippen LogP contribution in [-0.4, -0.2) is 39.2 Å². The summed E-state index contributed by atoms with van der Waals surface area (Å²) in [7, 11) is 0.616. The molecule has 0 fully saturated rings. The molecule has 1 heterocycles. The molecule has 128 valence electrons. The largest absolute Gasteiger partial charge is 0.309 e. The minimum atomic E-state index is -3.41. The number of anilines is 2. The molecule has 2 aromatic carbocycles. The van der Waals surface area contributed by atoms with Crippen LogP contribution in [0.25, 0.3) is 0 Å². The van der Waals surface area contributed by atoms with Crippen LogP contribution in [-0.2, 0) is 16.4 Å². The molecule has 0 radical (unpaired) electrons. The van der Waals surface area contributed by atoms with Crippen LogP contribution in [0.5, 0.6) is 0 Å². The lowest BCUT2D eigenvalue weighted by molar-refractivity contribution is 0.391. The summed E-state index contributed by atoms with van der Waals surface area (Å²) in [6.45, 7) is 0.902. The van der Waals surface area contributed by atoms with Crippen molar-refractivity contribution in [2.75, 3.05) is 24.9 Å². The minimum absolute atomic E-state index is 0.368. The predicted octanol–water partition coefficient (Wildman–Crippen LogP) is 3.42. The molecule has 0 amide bonds. The van der Waals surface area contributed by atoms with Crippen LogP contribution in [0.4, 0.5) is 11.4 Å². The second kappa shape index (κ2) is 6.95. The lowest BCUT2D eigenvalue weighted by Crippen LogP contribution is -2.41. The summed E-state index contributed by atoms with van der Waals surface area (Å²) in [6.07, 6.45) is 2.15. The molecule has 1 aliphatic rings. The van der Waals surface area contributed by atoms with Crippen molar-refractivity contribution in [3.63, 3.8) is 0 Å². The van der Waals surface area contributed by atoms with Crippen molar-refractivity contribution in [1.29, 1.82) is 0 Å². The van der Waals surface area contributed by atoms with E-state index in [-0.39, 0.29) is 5.25 Å². The third-order valence-corrected chi connectivity index (χ3v) is 6.62. The smallest absolute Gasteiger partial charge is 0.242 e. The van der Waals surface area contributed by atoms with Crippen LogP contribution in [0.3, 0.4) is 0 Å². The Bertz CT molecular complexity index is 788. The first-order chi connectivity index (χ1) is 11.5. The molecule has 0 saturated carbocycles. The highest BCUT2D eigenvalue weighted by Crippen LogP contribution is 2.39. The Balaban J connectivity index is 1.99. The van der Waals surface area contributed by atoms with Gasteiger partial charge in [-0.2, -0.15) is 0 Å². The van der Waals surface area contributed by atoms with Crippen molar-refractivity contribution in [2.24, 2.45) is 0 Å². The topological polar surface area (TPSA) is 40.6 Å². The molecule has 0 bridgehead atoms. The molecular weight excluding hydrogens is 320 g/mol. The summed E-state index contributed by atoms with van der Waals surface area (Å²) < 4.78 is 28.1. The third kappa shape index (κ3) is 3.32. The molecule has 4 nitrogen and oxygen atoms in total. The Hall–Kier alpha value is -1.85. The predicted molar refractivity (Wildman–Crippen MR) is 99.2 cm³/mol. The molecule has 0 saturated heterocycles. The summed E-state index contributed by atoms with van der Waals surface area (Å²) in [5.41, 5.74) is 2.60. The fraction of sp³-hybridized carbons (Fsp3) is 0.368. The summed E-state index contributed by atoms with van der Waals surface area (Å²) in [5, 5.41) is -0.368. The van der Waals surface area contributed by atoms with E-state index in [9.17, 15) is 8.42 Å². The second-order valence-electron chi connectivity index (χ2n) is 6.55. The average Bonchev–Trinajstić information content (AvgIpc) is 2.55. The molecule has 24 heavy (non-hydrogen) atoms. The Morgan fingerprint density at radius 1 is 1.04 bits per heavy atom. The van der Waals surface area contributed by atoms with Crippen LogP contribution >= 0.6 is 0 Å². The van der Waals surface area contributed by atoms with E-state index in [1.807, 2.05) is 68.7 Å². The maximum Gasteiger partial charge on any atom is 0.242 e. The number of para-hydroxylation sites is 2. The summed E-state index contributed by atoms with van der Waals surface area (Å²) in [5.74, 6) is 0. The first-order valence-corrected chi connectivity index (χ1v) is 9.82. The van der Waals surface area contributed by atoms with E-state index in [0.29, 0.717) is 18.5 Å². The van der Waals surface area contributed by atoms with E-state index in [2.05, 4.69) is 4.90 Å². The number of benzene rings is 2. The number of hydrogen-bond donors (Lipinski definition) is 0. The minimum Gasteiger partial charge on any atom is -0.309 e. The van der Waals surface area contributed by atoms with Gasteiger partial charge in [0.2, 0.25) is 10.0 Å². The van der Waals surface area contributed by atoms with E-state index >= 15 is 0 Å². The van der Waals surface area contributed by atoms with Gasteiger partial charge in [0.1, 0.15) is 0 Å². The molecule has 1 aliphatic heterocycles. The van der Waals surface area contributed by atoms with Crippen molar-refractivity contribution >= 4 is 21.4 Å². The Kier molecular flexibility index (Phi) is 4.92. The van der Waals surface area contributed by atoms with E-state index in [4.69, 9.17) is 0 Å². The zero-order chi connectivity index (χ0) is 17.2. The standard InChI is InChI=1S/C19H24N2O2S/c1-20(2)14-8-12-18-15-16-9-6-7-13-19(16)21(24(18,22)23)17-10-4-3-5-11-17/h3-7,9-11,13,18H,8,12,14-15H2,1-2H3. The second-order valence-corrected chi connectivity index (χ2v) is 8.61. The lowest BCUT2D eigenvalue weighted by Gasteiger charge is -2.35. The molecule has 0 spiro atoms. The molecule has 1 unspecified atom stereocenters. The van der Waals surface area contributed by atoms with Gasteiger partial charge in [-0.15, -0.1) is 0 Å². The van der Waals surface area contributed by atoms with Crippen LogP contribution in [0.1, 0.15) is 18.4 Å². The van der Waals surface area contributed by atoms with Crippen molar-refractivity contribution in [3.05, 3.63) is 60.2 Å². The number of fused-ring (bicyclic) bond motifs is 1. The van der Waals surface area contributed by atoms with Gasteiger partial charge in [0.15, 0.2) is 0 Å². The van der Waals surface area contributed by atoms with Crippen molar-refractivity contribution < 1.29 is 8.42 Å². The van der Waals surface area contributed by atoms with Gasteiger partial charge in [0, 0.05) is 0 Å². The van der Waals surface area contributed by atoms with E-state index < -0.39 is 10.0 Å². The van der Waals surface area contributed by atoms with Gasteiger partial charge in [-0.25, -0.2) is 12.7 Å². The molecule has 0 N–H and O–H groups in total. The normalized spacial score (nSPS) is 19.3. The zero-order valence-corrected chi connectivity index (χ0v) is 15.0.